The van der Waals surface area contributed by atoms with Crippen molar-refractivity contribution in [1.29, 1.82) is 0 Å². The van der Waals surface area contributed by atoms with E-state index in [9.17, 15) is 0 Å². The zero-order valence-corrected chi connectivity index (χ0v) is 16.1. The first-order chi connectivity index (χ1) is 12.0. The van der Waals surface area contributed by atoms with Gasteiger partial charge in [0.1, 0.15) is 0 Å². The lowest BCUT2D eigenvalue weighted by Crippen LogP contribution is -2.48. The molecule has 0 aliphatic carbocycles. The summed E-state index contributed by atoms with van der Waals surface area (Å²) in [5.74, 6) is 1.75. The quantitative estimate of drug-likeness (QED) is 0.460. The van der Waals surface area contributed by atoms with Gasteiger partial charge in [-0.3, -0.25) is 9.89 Å². The molecule has 1 aliphatic heterocycles. The van der Waals surface area contributed by atoms with Gasteiger partial charge in [-0.05, 0) is 40.2 Å². The molecule has 2 heterocycles. The molecule has 0 amide bonds. The Hall–Kier alpha value is -1.89. The van der Waals surface area contributed by atoms with Crippen LogP contribution in [0.1, 0.15) is 34.1 Å². The van der Waals surface area contributed by atoms with Gasteiger partial charge in [-0.25, -0.2) is 9.97 Å². The molecule has 1 fully saturated rings. The zero-order chi connectivity index (χ0) is 18.1. The highest BCUT2D eigenvalue weighted by atomic mass is 15.3. The standard InChI is InChI=1S/C18H33N7/c1-5-19-16(23-18(2,3)4)20-10-7-11-24-12-14-25(15-13-24)17-21-8-6-9-22-17/h6,8-9H,5,7,10-15H2,1-4H3,(H2,19,20,23). The minimum Gasteiger partial charge on any atom is -0.357 e. The first-order valence-corrected chi connectivity index (χ1v) is 9.29. The van der Waals surface area contributed by atoms with Crippen LogP contribution in [0.2, 0.25) is 0 Å². The van der Waals surface area contributed by atoms with Crippen LogP contribution < -0.4 is 15.5 Å². The number of rotatable bonds is 6. The molecule has 1 saturated heterocycles. The van der Waals surface area contributed by atoms with Crippen LogP contribution in [0.5, 0.6) is 0 Å². The zero-order valence-electron chi connectivity index (χ0n) is 16.1. The third-order valence-corrected chi connectivity index (χ3v) is 3.95. The van der Waals surface area contributed by atoms with Crippen molar-refractivity contribution < 1.29 is 0 Å². The predicted molar refractivity (Wildman–Crippen MR) is 104 cm³/mol. The number of nitrogens with zero attached hydrogens (tertiary/aromatic N) is 5. The maximum Gasteiger partial charge on any atom is 0.225 e. The van der Waals surface area contributed by atoms with E-state index in [4.69, 9.17) is 0 Å². The Kier molecular flexibility index (Phi) is 7.43. The fourth-order valence-corrected chi connectivity index (χ4v) is 2.77. The first-order valence-electron chi connectivity index (χ1n) is 9.29. The highest BCUT2D eigenvalue weighted by Gasteiger charge is 2.18. The molecule has 0 radical (unpaired) electrons. The van der Waals surface area contributed by atoms with Crippen molar-refractivity contribution in [3.05, 3.63) is 18.5 Å². The largest absolute Gasteiger partial charge is 0.357 e. The molecule has 7 heteroatoms. The first kappa shape index (κ1) is 19.4. The second-order valence-corrected chi connectivity index (χ2v) is 7.37. The van der Waals surface area contributed by atoms with E-state index in [0.717, 1.165) is 64.1 Å². The van der Waals surface area contributed by atoms with Crippen molar-refractivity contribution in [2.75, 3.05) is 50.7 Å². The van der Waals surface area contributed by atoms with Gasteiger partial charge in [0.05, 0.1) is 0 Å². The van der Waals surface area contributed by atoms with Gasteiger partial charge in [0.2, 0.25) is 5.95 Å². The highest BCUT2D eigenvalue weighted by molar-refractivity contribution is 5.80. The molecule has 0 atom stereocenters. The fraction of sp³-hybridized carbons (Fsp3) is 0.722. The summed E-state index contributed by atoms with van der Waals surface area (Å²) in [5.41, 5.74) is 0.0246. The maximum absolute atomic E-state index is 4.68. The Morgan fingerprint density at radius 1 is 1.16 bits per heavy atom. The SMILES string of the molecule is CCNC(=NCCCN1CCN(c2ncccn2)CC1)NC(C)(C)C. The topological polar surface area (TPSA) is 68.7 Å². The van der Waals surface area contributed by atoms with Crippen LogP contribution in [0, 0.1) is 0 Å². The Labute approximate surface area is 151 Å². The molecule has 1 aliphatic rings. The van der Waals surface area contributed by atoms with Crippen LogP contribution in [-0.2, 0) is 0 Å². The summed E-state index contributed by atoms with van der Waals surface area (Å²) in [6.07, 6.45) is 4.68. The Morgan fingerprint density at radius 2 is 1.84 bits per heavy atom. The van der Waals surface area contributed by atoms with Gasteiger partial charge in [-0.1, -0.05) is 0 Å². The van der Waals surface area contributed by atoms with Gasteiger partial charge in [-0.15, -0.1) is 0 Å². The smallest absolute Gasteiger partial charge is 0.225 e. The summed E-state index contributed by atoms with van der Waals surface area (Å²) in [6, 6.07) is 1.86. The molecule has 1 aromatic rings. The van der Waals surface area contributed by atoms with Gasteiger partial charge in [0, 0.05) is 63.7 Å². The molecule has 25 heavy (non-hydrogen) atoms. The number of aliphatic imine (C=N–C) groups is 1. The Bertz CT molecular complexity index is 516. The molecule has 0 unspecified atom stereocenters. The molecular formula is C18H33N7. The van der Waals surface area contributed by atoms with E-state index >= 15 is 0 Å². The third kappa shape index (κ3) is 7.25. The third-order valence-electron chi connectivity index (χ3n) is 3.95. The van der Waals surface area contributed by atoms with E-state index < -0.39 is 0 Å². The van der Waals surface area contributed by atoms with E-state index in [1.54, 1.807) is 12.4 Å². The van der Waals surface area contributed by atoms with E-state index in [0.29, 0.717) is 0 Å². The van der Waals surface area contributed by atoms with Crippen molar-refractivity contribution in [3.8, 4) is 0 Å². The van der Waals surface area contributed by atoms with Crippen LogP contribution >= 0.6 is 0 Å². The molecule has 0 bridgehead atoms. The van der Waals surface area contributed by atoms with Crippen LogP contribution in [0.15, 0.2) is 23.5 Å². The van der Waals surface area contributed by atoms with E-state index in [1.807, 2.05) is 6.07 Å². The summed E-state index contributed by atoms with van der Waals surface area (Å²) >= 11 is 0. The van der Waals surface area contributed by atoms with Crippen LogP contribution in [0.3, 0.4) is 0 Å². The number of piperazine rings is 1. The lowest BCUT2D eigenvalue weighted by molar-refractivity contribution is 0.255. The van der Waals surface area contributed by atoms with Crippen molar-refractivity contribution in [2.45, 2.75) is 39.7 Å². The average molecular weight is 348 g/mol. The van der Waals surface area contributed by atoms with Gasteiger partial charge in [0.15, 0.2) is 5.96 Å². The van der Waals surface area contributed by atoms with Crippen molar-refractivity contribution in [1.82, 2.24) is 25.5 Å². The van der Waals surface area contributed by atoms with Gasteiger partial charge < -0.3 is 15.5 Å². The molecule has 1 aromatic heterocycles. The number of anilines is 1. The molecule has 7 nitrogen and oxygen atoms in total. The molecular weight excluding hydrogens is 314 g/mol. The fourth-order valence-electron chi connectivity index (χ4n) is 2.77. The predicted octanol–water partition coefficient (Wildman–Crippen LogP) is 1.34. The van der Waals surface area contributed by atoms with Crippen molar-refractivity contribution >= 4 is 11.9 Å². The number of aromatic nitrogens is 2. The summed E-state index contributed by atoms with van der Waals surface area (Å²) in [6.45, 7) is 15.4. The van der Waals surface area contributed by atoms with Crippen molar-refractivity contribution in [2.24, 2.45) is 4.99 Å². The Morgan fingerprint density at radius 3 is 2.44 bits per heavy atom. The van der Waals surface area contributed by atoms with Crippen LogP contribution in [0.25, 0.3) is 0 Å². The molecule has 2 N–H and O–H groups in total. The monoisotopic (exact) mass is 347 g/mol. The highest BCUT2D eigenvalue weighted by Crippen LogP contribution is 2.09. The second-order valence-electron chi connectivity index (χ2n) is 7.37. The minimum atomic E-state index is 0.0246. The van der Waals surface area contributed by atoms with E-state index in [1.165, 1.54) is 0 Å². The second kappa shape index (κ2) is 9.56. The summed E-state index contributed by atoms with van der Waals surface area (Å²) in [5, 5.41) is 6.73. The Balaban J connectivity index is 1.69. The summed E-state index contributed by atoms with van der Waals surface area (Å²) in [4.78, 5) is 18.1. The van der Waals surface area contributed by atoms with E-state index in [-0.39, 0.29) is 5.54 Å². The normalized spacial score (nSPS) is 16.8. The van der Waals surface area contributed by atoms with Crippen molar-refractivity contribution in [3.63, 3.8) is 0 Å². The van der Waals surface area contributed by atoms with Gasteiger partial charge in [-0.2, -0.15) is 0 Å². The van der Waals surface area contributed by atoms with Gasteiger partial charge >= 0.3 is 0 Å². The lowest BCUT2D eigenvalue weighted by Gasteiger charge is -2.34. The number of hydrogen-bond donors (Lipinski definition) is 2. The molecule has 0 saturated carbocycles. The molecule has 140 valence electrons. The molecule has 0 aromatic carbocycles. The maximum atomic E-state index is 4.68. The summed E-state index contributed by atoms with van der Waals surface area (Å²) in [7, 11) is 0. The number of guanidine groups is 1. The number of hydrogen-bond acceptors (Lipinski definition) is 5. The van der Waals surface area contributed by atoms with Crippen LogP contribution in [-0.4, -0.2) is 72.2 Å². The minimum absolute atomic E-state index is 0.0246. The molecule has 2 rings (SSSR count). The molecule has 0 spiro atoms. The van der Waals surface area contributed by atoms with E-state index in [2.05, 4.69) is 63.1 Å². The average Bonchev–Trinajstić information content (AvgIpc) is 2.59. The number of nitrogens with one attached hydrogen (secondary N) is 2. The summed E-state index contributed by atoms with van der Waals surface area (Å²) < 4.78 is 0. The van der Waals surface area contributed by atoms with Gasteiger partial charge in [0.25, 0.3) is 0 Å². The lowest BCUT2D eigenvalue weighted by atomic mass is 10.1. The van der Waals surface area contributed by atoms with Crippen LogP contribution in [0.4, 0.5) is 5.95 Å².